The number of aliphatic hydroxyl groups excluding tert-OH is 1. The lowest BCUT2D eigenvalue weighted by Gasteiger charge is -2.62. The summed E-state index contributed by atoms with van der Waals surface area (Å²) in [5, 5.41) is 11.2. The molecule has 0 spiro atoms. The van der Waals surface area contributed by atoms with Crippen molar-refractivity contribution in [2.24, 2.45) is 82.8 Å². The smallest absolute Gasteiger partial charge is 0.0868 e. The zero-order valence-electron chi connectivity index (χ0n) is 33.1. The first-order valence-corrected chi connectivity index (χ1v) is 23.8. The lowest BCUT2D eigenvalue weighted by Crippen LogP contribution is -2.61. The maximum Gasteiger partial charge on any atom is 0.0868 e. The van der Waals surface area contributed by atoms with Crippen LogP contribution >= 0.6 is 0 Å². The quantitative estimate of drug-likeness (QED) is 0.247. The summed E-state index contributed by atoms with van der Waals surface area (Å²) in [5.41, 5.74) is 0. The van der Waals surface area contributed by atoms with Gasteiger partial charge in [-0.15, -0.1) is 0 Å². The largest absolute Gasteiger partial charge is 0.393 e. The molecule has 0 heterocycles. The molecule has 3 N–H and O–H groups in total. The van der Waals surface area contributed by atoms with Gasteiger partial charge in [-0.2, -0.15) is 0 Å². The van der Waals surface area contributed by atoms with E-state index in [1.54, 1.807) is 51.4 Å². The van der Waals surface area contributed by atoms with Gasteiger partial charge in [0, 0.05) is 24.0 Å². The van der Waals surface area contributed by atoms with E-state index in [0.717, 1.165) is 96.1 Å². The molecule has 12 unspecified atom stereocenters. The first-order valence-electron chi connectivity index (χ1n) is 23.8. The van der Waals surface area contributed by atoms with Gasteiger partial charge in [-0.3, -0.25) is 4.90 Å². The van der Waals surface area contributed by atoms with E-state index in [1.165, 1.54) is 116 Å². The summed E-state index contributed by atoms with van der Waals surface area (Å²) in [5.74, 6) is 17.7. The van der Waals surface area contributed by atoms with Crippen LogP contribution in [0, 0.1) is 76.9 Å². The molecule has 9 aliphatic rings. The van der Waals surface area contributed by atoms with E-state index < -0.39 is 0 Å². The van der Waals surface area contributed by atoms with Crippen molar-refractivity contribution in [2.45, 2.75) is 217 Å². The van der Waals surface area contributed by atoms with Crippen molar-refractivity contribution in [2.75, 3.05) is 0 Å². The van der Waals surface area contributed by atoms with Gasteiger partial charge in [-0.25, -0.2) is 5.90 Å². The van der Waals surface area contributed by atoms with Gasteiger partial charge in [0.25, 0.3) is 0 Å². The molecular weight excluding hydrogens is 625 g/mol. The lowest BCUT2D eigenvalue weighted by molar-refractivity contribution is -0.124. The van der Waals surface area contributed by atoms with E-state index in [0.29, 0.717) is 5.92 Å². The minimum atomic E-state index is -0.209. The van der Waals surface area contributed by atoms with Crippen LogP contribution in [0.2, 0.25) is 0 Å². The molecule has 0 aromatic rings. The van der Waals surface area contributed by atoms with Gasteiger partial charge in [0.1, 0.15) is 0 Å². The minimum Gasteiger partial charge on any atom is -0.393 e. The Kier molecular flexibility index (Phi) is 11.5. The highest BCUT2D eigenvalue weighted by molar-refractivity contribution is 5.06. The van der Waals surface area contributed by atoms with Crippen molar-refractivity contribution in [3.8, 4) is 0 Å². The fraction of sp³-hybridized carbons (Fsp3) is 1.00. The van der Waals surface area contributed by atoms with Crippen molar-refractivity contribution in [3.05, 3.63) is 0 Å². The van der Waals surface area contributed by atoms with Crippen LogP contribution in [0.15, 0.2) is 0 Å². The number of aliphatic hydroxyl groups is 1. The van der Waals surface area contributed by atoms with Gasteiger partial charge in [0.2, 0.25) is 0 Å². The number of nitrogens with two attached hydrogens (primary N) is 1. The monoisotopic (exact) mass is 705 g/mol. The van der Waals surface area contributed by atoms with Crippen molar-refractivity contribution in [1.29, 1.82) is 0 Å². The van der Waals surface area contributed by atoms with Crippen LogP contribution in [-0.4, -0.2) is 40.3 Å². The maximum atomic E-state index is 11.2. The fourth-order valence-electron chi connectivity index (χ4n) is 16.7. The van der Waals surface area contributed by atoms with E-state index in [1.807, 2.05) is 0 Å². The minimum absolute atomic E-state index is 0.0655. The second-order valence-electron chi connectivity index (χ2n) is 21.5. The van der Waals surface area contributed by atoms with Gasteiger partial charge < -0.3 is 9.94 Å². The number of fused-ring (bicyclic) bond motifs is 1. The van der Waals surface area contributed by atoms with Crippen LogP contribution in [0.3, 0.4) is 0 Å². The molecule has 0 saturated heterocycles. The highest BCUT2D eigenvalue weighted by Gasteiger charge is 2.55. The van der Waals surface area contributed by atoms with Crippen molar-refractivity contribution in [3.63, 3.8) is 0 Å². The Morgan fingerprint density at radius 2 is 1.12 bits per heavy atom. The molecule has 9 fully saturated rings. The molecule has 12 atom stereocenters. The maximum absolute atomic E-state index is 11.2. The number of hydrogen-bond donors (Lipinski definition) is 2. The van der Waals surface area contributed by atoms with Gasteiger partial charge in [-0.05, 0) is 193 Å². The van der Waals surface area contributed by atoms with Crippen LogP contribution < -0.4 is 5.90 Å². The summed E-state index contributed by atoms with van der Waals surface area (Å²) < 4.78 is 0. The summed E-state index contributed by atoms with van der Waals surface area (Å²) in [6.45, 7) is 2.53. The molecule has 4 nitrogen and oxygen atoms in total. The Morgan fingerprint density at radius 3 is 1.78 bits per heavy atom. The predicted octanol–water partition coefficient (Wildman–Crippen LogP) is 11.1. The molecule has 9 rings (SSSR count). The zero-order chi connectivity index (χ0) is 34.5. The van der Waals surface area contributed by atoms with E-state index in [-0.39, 0.29) is 18.1 Å². The van der Waals surface area contributed by atoms with Crippen LogP contribution in [0.5, 0.6) is 0 Å². The standard InChI is InChI=1S/C47H80N2O2/c1-30-9-21-39(22-10-30)49(43-26-20-35-18-17-33-7-4-8-34-19-25-41(43)46(35)45(33)34)40-23-13-32(14-24-40)27-31-11-15-36(16-12-31)47(51-48)42-28-37-5-2-3-6-38(37)29-44(42)50/h30-47,50H,2-29,48H2,1H3. The topological polar surface area (TPSA) is 58.7 Å². The Hall–Kier alpha value is -0.160. The van der Waals surface area contributed by atoms with Crippen LogP contribution in [0.1, 0.15) is 187 Å². The molecular formula is C47H80N2O2. The summed E-state index contributed by atoms with van der Waals surface area (Å²) in [6, 6.07) is 2.66. The third-order valence-electron chi connectivity index (χ3n) is 19.1. The second kappa shape index (κ2) is 16.1. The van der Waals surface area contributed by atoms with Crippen LogP contribution in [0.4, 0.5) is 0 Å². The first-order chi connectivity index (χ1) is 25.0. The average molecular weight is 705 g/mol. The number of hydrogen-bond acceptors (Lipinski definition) is 4. The van der Waals surface area contributed by atoms with Crippen molar-refractivity contribution < 1.29 is 9.94 Å². The van der Waals surface area contributed by atoms with Gasteiger partial charge >= 0.3 is 0 Å². The summed E-state index contributed by atoms with van der Waals surface area (Å²) in [7, 11) is 0. The number of rotatable bonds is 8. The van der Waals surface area contributed by atoms with Crippen molar-refractivity contribution >= 4 is 0 Å². The molecule has 290 valence electrons. The van der Waals surface area contributed by atoms with E-state index >= 15 is 0 Å². The molecule has 9 saturated carbocycles. The van der Waals surface area contributed by atoms with E-state index in [9.17, 15) is 5.11 Å². The molecule has 0 radical (unpaired) electrons. The Morgan fingerprint density at radius 1 is 0.569 bits per heavy atom. The second-order valence-corrected chi connectivity index (χ2v) is 21.5. The third-order valence-corrected chi connectivity index (χ3v) is 19.1. The molecule has 0 aliphatic heterocycles. The molecule has 0 aromatic carbocycles. The zero-order valence-corrected chi connectivity index (χ0v) is 33.1. The lowest BCUT2D eigenvalue weighted by atomic mass is 9.47. The van der Waals surface area contributed by atoms with Gasteiger partial charge in [0.15, 0.2) is 0 Å². The highest BCUT2D eigenvalue weighted by atomic mass is 16.6. The first kappa shape index (κ1) is 36.5. The summed E-state index contributed by atoms with van der Waals surface area (Å²) in [6.07, 6.45) is 40.2. The molecule has 4 heteroatoms. The summed E-state index contributed by atoms with van der Waals surface area (Å²) >= 11 is 0. The molecule has 0 bridgehead atoms. The SMILES string of the molecule is CC1CCC(N(C2CCC(CC3CCC(C(ON)C4CC5CCCCC5CC4O)CC3)CC2)C2CCC3CCC4CCCC5CCC2C3C45)CC1. The van der Waals surface area contributed by atoms with Crippen LogP contribution in [0.25, 0.3) is 0 Å². The molecule has 51 heavy (non-hydrogen) atoms. The normalized spacial score (nSPS) is 50.9. The third kappa shape index (κ3) is 7.44. The van der Waals surface area contributed by atoms with Gasteiger partial charge in [0.05, 0.1) is 12.2 Å². The van der Waals surface area contributed by atoms with E-state index in [2.05, 4.69) is 11.8 Å². The molecule has 9 aliphatic carbocycles. The number of nitrogens with zero attached hydrogens (tertiary/aromatic N) is 1. The van der Waals surface area contributed by atoms with Gasteiger partial charge in [-0.1, -0.05) is 64.7 Å². The Bertz CT molecular complexity index is 1100. The Balaban J connectivity index is 0.810. The van der Waals surface area contributed by atoms with Crippen molar-refractivity contribution in [1.82, 2.24) is 4.90 Å². The van der Waals surface area contributed by atoms with Crippen LogP contribution in [-0.2, 0) is 4.84 Å². The molecule has 0 aromatic heterocycles. The predicted molar refractivity (Wildman–Crippen MR) is 209 cm³/mol. The molecule has 0 amide bonds. The Labute approximate surface area is 313 Å². The van der Waals surface area contributed by atoms with E-state index in [4.69, 9.17) is 10.7 Å². The summed E-state index contributed by atoms with van der Waals surface area (Å²) in [4.78, 5) is 9.16. The average Bonchev–Trinajstić information content (AvgIpc) is 3.17. The fourth-order valence-corrected chi connectivity index (χ4v) is 16.7. The highest BCUT2D eigenvalue weighted by Crippen LogP contribution is 2.61.